The number of anilines is 2. The number of nitrogens with one attached hydrogen (secondary N) is 1. The van der Waals surface area contributed by atoms with E-state index >= 15 is 0 Å². The van der Waals surface area contributed by atoms with Gasteiger partial charge in [-0.3, -0.25) is 9.59 Å². The highest BCUT2D eigenvalue weighted by atomic mass is 16.5. The maximum absolute atomic E-state index is 12.8. The number of carbonyl (C=O) groups excluding carboxylic acids is 3. The zero-order valence-electron chi connectivity index (χ0n) is 16.0. The molecule has 2 aromatic carbocycles. The molecule has 1 unspecified atom stereocenters. The van der Waals surface area contributed by atoms with Crippen molar-refractivity contribution in [3.63, 3.8) is 0 Å². The van der Waals surface area contributed by atoms with E-state index in [4.69, 9.17) is 9.47 Å². The smallest absolute Gasteiger partial charge is 0.339 e. The van der Waals surface area contributed by atoms with Gasteiger partial charge in [0, 0.05) is 13.0 Å². The normalized spacial score (nSPS) is 16.0. The molecular weight excluding hydrogens is 360 g/mol. The summed E-state index contributed by atoms with van der Waals surface area (Å²) in [5.74, 6) is -0.997. The Morgan fingerprint density at radius 3 is 2.61 bits per heavy atom. The summed E-state index contributed by atoms with van der Waals surface area (Å²) in [6.07, 6.45) is 0.0650. The fourth-order valence-electron chi connectivity index (χ4n) is 3.26. The summed E-state index contributed by atoms with van der Waals surface area (Å²) in [5, 5.41) is 2.85. The number of ether oxygens (including phenoxy) is 2. The number of methoxy groups -OCH3 is 2. The molecule has 1 saturated heterocycles. The molecule has 3 rings (SSSR count). The highest BCUT2D eigenvalue weighted by Gasteiger charge is 2.36. The van der Waals surface area contributed by atoms with E-state index in [-0.39, 0.29) is 24.8 Å². The van der Waals surface area contributed by atoms with Crippen LogP contribution in [0, 0.1) is 12.8 Å². The van der Waals surface area contributed by atoms with Crippen molar-refractivity contribution in [2.75, 3.05) is 31.0 Å². The lowest BCUT2D eigenvalue weighted by atomic mass is 10.1. The molecule has 2 aromatic rings. The van der Waals surface area contributed by atoms with Gasteiger partial charge < -0.3 is 19.7 Å². The van der Waals surface area contributed by atoms with Crippen LogP contribution in [0.3, 0.4) is 0 Å². The maximum Gasteiger partial charge on any atom is 0.339 e. The molecule has 1 N–H and O–H groups in total. The van der Waals surface area contributed by atoms with Gasteiger partial charge in [0.2, 0.25) is 11.8 Å². The minimum Gasteiger partial charge on any atom is -0.495 e. The SMILES string of the molecule is COC(=O)c1ccccc1N1CC(C(=O)Nc2cc(C)ccc2OC)CC1=O. The van der Waals surface area contributed by atoms with Crippen LogP contribution in [0.2, 0.25) is 0 Å². The van der Waals surface area contributed by atoms with Gasteiger partial charge in [-0.25, -0.2) is 4.79 Å². The highest BCUT2D eigenvalue weighted by Crippen LogP contribution is 2.31. The molecule has 1 aliphatic heterocycles. The molecular formula is C21H22N2O5. The second-order valence-electron chi connectivity index (χ2n) is 6.61. The quantitative estimate of drug-likeness (QED) is 0.804. The second kappa shape index (κ2) is 8.12. The molecule has 1 heterocycles. The van der Waals surface area contributed by atoms with E-state index in [1.165, 1.54) is 19.1 Å². The van der Waals surface area contributed by atoms with Gasteiger partial charge in [-0.15, -0.1) is 0 Å². The Labute approximate surface area is 163 Å². The summed E-state index contributed by atoms with van der Waals surface area (Å²) >= 11 is 0. The van der Waals surface area contributed by atoms with E-state index in [9.17, 15) is 14.4 Å². The van der Waals surface area contributed by atoms with Crippen molar-refractivity contribution >= 4 is 29.2 Å². The summed E-state index contributed by atoms with van der Waals surface area (Å²) in [6.45, 7) is 2.10. The number of esters is 1. The van der Waals surface area contributed by atoms with Crippen molar-refractivity contribution < 1.29 is 23.9 Å². The lowest BCUT2D eigenvalue weighted by molar-refractivity contribution is -0.122. The molecule has 0 aliphatic carbocycles. The van der Waals surface area contributed by atoms with E-state index in [0.29, 0.717) is 22.7 Å². The topological polar surface area (TPSA) is 84.9 Å². The Morgan fingerprint density at radius 2 is 1.89 bits per heavy atom. The molecule has 2 amide bonds. The highest BCUT2D eigenvalue weighted by molar-refractivity contribution is 6.07. The summed E-state index contributed by atoms with van der Waals surface area (Å²) in [6, 6.07) is 12.2. The van der Waals surface area contributed by atoms with Gasteiger partial charge in [0.05, 0.1) is 37.1 Å². The van der Waals surface area contributed by atoms with Crippen LogP contribution in [0.5, 0.6) is 5.75 Å². The van der Waals surface area contributed by atoms with Crippen LogP contribution >= 0.6 is 0 Å². The van der Waals surface area contributed by atoms with Crippen molar-refractivity contribution in [3.8, 4) is 5.75 Å². The third-order valence-electron chi connectivity index (χ3n) is 4.71. The standard InChI is InChI=1S/C21H22N2O5/c1-13-8-9-18(27-2)16(10-13)22-20(25)14-11-19(24)23(12-14)17-7-5-4-6-15(17)21(26)28-3/h4-10,14H,11-12H2,1-3H3,(H,22,25). The fourth-order valence-corrected chi connectivity index (χ4v) is 3.26. The van der Waals surface area contributed by atoms with Gasteiger partial charge in [-0.2, -0.15) is 0 Å². The number of rotatable bonds is 5. The van der Waals surface area contributed by atoms with Crippen LogP contribution in [-0.4, -0.2) is 38.5 Å². The minimum atomic E-state index is -0.538. The number of benzene rings is 2. The lowest BCUT2D eigenvalue weighted by Crippen LogP contribution is -2.29. The zero-order chi connectivity index (χ0) is 20.3. The number of hydrogen-bond acceptors (Lipinski definition) is 5. The Bertz CT molecular complexity index is 925. The van der Waals surface area contributed by atoms with Gasteiger partial charge in [-0.05, 0) is 36.8 Å². The Kier molecular flexibility index (Phi) is 5.63. The van der Waals surface area contributed by atoms with Gasteiger partial charge in [0.15, 0.2) is 0 Å². The second-order valence-corrected chi connectivity index (χ2v) is 6.61. The van der Waals surface area contributed by atoms with Crippen molar-refractivity contribution in [1.82, 2.24) is 0 Å². The molecule has 1 aliphatic rings. The molecule has 146 valence electrons. The molecule has 1 fully saturated rings. The van der Waals surface area contributed by atoms with E-state index < -0.39 is 11.9 Å². The summed E-state index contributed by atoms with van der Waals surface area (Å²) < 4.78 is 10.1. The van der Waals surface area contributed by atoms with Gasteiger partial charge in [0.1, 0.15) is 5.75 Å². The minimum absolute atomic E-state index is 0.0650. The first kappa shape index (κ1) is 19.4. The molecule has 28 heavy (non-hydrogen) atoms. The summed E-state index contributed by atoms with van der Waals surface area (Å²) in [7, 11) is 2.82. The largest absolute Gasteiger partial charge is 0.495 e. The predicted molar refractivity (Wildman–Crippen MR) is 105 cm³/mol. The molecule has 7 nitrogen and oxygen atoms in total. The monoisotopic (exact) mass is 382 g/mol. The average Bonchev–Trinajstić information content (AvgIpc) is 3.09. The number of para-hydroxylation sites is 1. The maximum atomic E-state index is 12.8. The molecule has 0 spiro atoms. The Morgan fingerprint density at radius 1 is 1.14 bits per heavy atom. The molecule has 7 heteroatoms. The number of hydrogen-bond donors (Lipinski definition) is 1. The van der Waals surface area contributed by atoms with E-state index in [0.717, 1.165) is 5.56 Å². The third kappa shape index (κ3) is 3.83. The first-order valence-electron chi connectivity index (χ1n) is 8.87. The third-order valence-corrected chi connectivity index (χ3v) is 4.71. The summed E-state index contributed by atoms with van der Waals surface area (Å²) in [4.78, 5) is 38.8. The summed E-state index contributed by atoms with van der Waals surface area (Å²) in [5.41, 5.74) is 2.28. The lowest BCUT2D eigenvalue weighted by Gasteiger charge is -2.19. The van der Waals surface area contributed by atoms with Gasteiger partial charge >= 0.3 is 5.97 Å². The van der Waals surface area contributed by atoms with Crippen molar-refractivity contribution in [2.24, 2.45) is 5.92 Å². The van der Waals surface area contributed by atoms with Crippen LogP contribution in [0.25, 0.3) is 0 Å². The van der Waals surface area contributed by atoms with E-state index in [1.807, 2.05) is 19.1 Å². The molecule has 0 bridgehead atoms. The van der Waals surface area contributed by atoms with E-state index in [2.05, 4.69) is 5.32 Å². The van der Waals surface area contributed by atoms with Crippen LogP contribution in [0.4, 0.5) is 11.4 Å². The molecule has 0 radical (unpaired) electrons. The van der Waals surface area contributed by atoms with Gasteiger partial charge in [-0.1, -0.05) is 18.2 Å². The molecule has 0 saturated carbocycles. The first-order valence-corrected chi connectivity index (χ1v) is 8.87. The predicted octanol–water partition coefficient (Wildman–Crippen LogP) is 2.78. The average molecular weight is 382 g/mol. The van der Waals surface area contributed by atoms with Crippen molar-refractivity contribution in [3.05, 3.63) is 53.6 Å². The van der Waals surface area contributed by atoms with E-state index in [1.54, 1.807) is 30.3 Å². The fraction of sp³-hybridized carbons (Fsp3) is 0.286. The molecule has 1 atom stereocenters. The van der Waals surface area contributed by atoms with Crippen LogP contribution < -0.4 is 15.0 Å². The number of aryl methyl sites for hydroxylation is 1. The van der Waals surface area contributed by atoms with Crippen LogP contribution in [0.15, 0.2) is 42.5 Å². The van der Waals surface area contributed by atoms with Crippen LogP contribution in [0.1, 0.15) is 22.3 Å². The number of nitrogens with zero attached hydrogens (tertiary/aromatic N) is 1. The number of amides is 2. The van der Waals surface area contributed by atoms with Crippen molar-refractivity contribution in [2.45, 2.75) is 13.3 Å². The first-order chi connectivity index (χ1) is 13.4. The Hall–Kier alpha value is -3.35. The van der Waals surface area contributed by atoms with Crippen molar-refractivity contribution in [1.29, 1.82) is 0 Å². The zero-order valence-corrected chi connectivity index (χ0v) is 16.0. The Balaban J connectivity index is 1.79. The van der Waals surface area contributed by atoms with Crippen LogP contribution in [-0.2, 0) is 14.3 Å². The van der Waals surface area contributed by atoms with Gasteiger partial charge in [0.25, 0.3) is 0 Å². The number of carbonyl (C=O) groups is 3. The molecule has 0 aromatic heterocycles.